The number of rotatable bonds is 16. The van der Waals surface area contributed by atoms with E-state index in [1.807, 2.05) is 0 Å². The Morgan fingerprint density at radius 2 is 1.31 bits per heavy atom. The summed E-state index contributed by atoms with van der Waals surface area (Å²) in [4.78, 5) is 103. The third kappa shape index (κ3) is 9.16. The van der Waals surface area contributed by atoms with E-state index in [4.69, 9.17) is 0 Å². The summed E-state index contributed by atoms with van der Waals surface area (Å²) in [5, 5.41) is 15.5. The van der Waals surface area contributed by atoms with Gasteiger partial charge < -0.3 is 77.1 Å². The van der Waals surface area contributed by atoms with Crippen molar-refractivity contribution >= 4 is 38.4 Å². The van der Waals surface area contributed by atoms with E-state index in [1.54, 1.807) is 0 Å². The van der Waals surface area contributed by atoms with E-state index in [9.17, 15) is 63.3 Å². The number of hydrogen-bond donors (Lipinski definition) is 0. The molecule has 0 radical (unpaired) electrons. The van der Waals surface area contributed by atoms with E-state index in [0.29, 0.717) is 0 Å². The van der Waals surface area contributed by atoms with E-state index in [-0.39, 0.29) is 0 Å². The molecule has 0 N–H and O–H groups in total. The van der Waals surface area contributed by atoms with Crippen LogP contribution in [0.4, 0.5) is 0 Å². The Morgan fingerprint density at radius 3 is 1.62 bits per heavy atom. The van der Waals surface area contributed by atoms with E-state index in [1.165, 1.54) is 0 Å². The Morgan fingerprint density at radius 1 is 0.906 bits per heavy atom. The smallest absolute Gasteiger partial charge is 0.0986 e. The molecular formula is C12H18O16P4-10. The Balaban J connectivity index is 6.50. The molecule has 0 aromatic heterocycles. The molecule has 0 aromatic carbocycles. The minimum atomic E-state index is -6.24. The molecule has 0 fully saturated rings. The van der Waals surface area contributed by atoms with Gasteiger partial charge in [-0.05, 0) is 48.2 Å². The molecular weight excluding hydrogens is 524 g/mol. The largest absolute Gasteiger partial charge is 0.834 e. The highest BCUT2D eigenvalue weighted by atomic mass is 31.2. The molecule has 0 amide bonds. The monoisotopic (exact) mass is 542 g/mol. The lowest BCUT2D eigenvalue weighted by Crippen LogP contribution is -2.51. The van der Waals surface area contributed by atoms with Crippen LogP contribution in [0.1, 0.15) is 39.5 Å². The van der Waals surface area contributed by atoms with Crippen molar-refractivity contribution in [1.82, 2.24) is 0 Å². The van der Waals surface area contributed by atoms with Crippen molar-refractivity contribution < 1.29 is 77.1 Å². The van der Waals surface area contributed by atoms with Gasteiger partial charge in [0.1, 0.15) is 0 Å². The van der Waals surface area contributed by atoms with Crippen LogP contribution in [0.15, 0.2) is 0 Å². The van der Waals surface area contributed by atoms with E-state index in [0.717, 1.165) is 13.8 Å². The van der Waals surface area contributed by atoms with Crippen LogP contribution in [0, 0.1) is 5.92 Å². The summed E-state index contributed by atoms with van der Waals surface area (Å²) in [6, 6.07) is 0. The summed E-state index contributed by atoms with van der Waals surface area (Å²) in [6.45, 7) is 0.677. The average Bonchev–Trinajstić information content (AvgIpc) is 2.57. The van der Waals surface area contributed by atoms with Crippen LogP contribution < -0.4 is 49.4 Å². The number of ether oxygens (including phenoxy) is 1. The maximum Gasteiger partial charge on any atom is 0.0986 e. The van der Waals surface area contributed by atoms with Gasteiger partial charge in [-0.3, -0.25) is 0 Å². The molecule has 32 heavy (non-hydrogen) atoms. The van der Waals surface area contributed by atoms with Crippen LogP contribution >= 0.6 is 32.4 Å². The number of carboxylic acids is 1. The number of hydrogen-bond acceptors (Lipinski definition) is 16. The molecule has 0 saturated carbocycles. The summed E-state index contributed by atoms with van der Waals surface area (Å²) in [6.07, 6.45) is -6.77. The first-order valence-corrected chi connectivity index (χ1v) is 13.8. The first-order chi connectivity index (χ1) is 14.4. The fourth-order valence-electron chi connectivity index (χ4n) is 2.94. The van der Waals surface area contributed by atoms with Crippen LogP contribution in [0.25, 0.3) is 0 Å². The Kier molecular flexibility index (Phi) is 13.0. The van der Waals surface area contributed by atoms with Gasteiger partial charge in [-0.2, -0.15) is 17.2 Å². The van der Waals surface area contributed by atoms with Crippen LogP contribution in [0.5, 0.6) is 0 Å². The molecule has 0 aliphatic heterocycles. The topological polar surface area (TPSA) is 310 Å². The highest BCUT2D eigenvalue weighted by Gasteiger charge is 2.43. The summed E-state index contributed by atoms with van der Waals surface area (Å²) in [7, 11) is -20.5. The Bertz CT molecular complexity index is 693. The SMILES string of the molecule is CCC(CC(CC(CC(C)OC[O-])(OP([O-])[O-])P(=O)([O-])[O-])C(=O)[O-])(OP([O-])[O-])P(=O)([O-])[O-]. The van der Waals surface area contributed by atoms with Crippen LogP contribution in [0.3, 0.4) is 0 Å². The number of aliphatic carboxylic acids is 1. The standard InChI is InChI=1S/C12H23O16P4/c1-3-11(27-29(16)17,31(20,21)22)5-9(10(14)15)6-12(28-30(18)19,32(23,24)25)4-8(2)26-7-13/h8-9H,3-7H2,1-2H3,(H,14,15)(H2,20,21,22)(H2,23,24,25)/q-5/p-5. The second kappa shape index (κ2) is 12.9. The van der Waals surface area contributed by atoms with Crippen molar-refractivity contribution in [2.24, 2.45) is 5.92 Å². The van der Waals surface area contributed by atoms with Crippen molar-refractivity contribution in [3.8, 4) is 0 Å². The Hall–Kier alpha value is 0.310. The fraction of sp³-hybridized carbons (Fsp3) is 0.917. The predicted molar refractivity (Wildman–Crippen MR) is 84.7 cm³/mol. The molecule has 4 unspecified atom stereocenters. The first kappa shape index (κ1) is 32.3. The molecule has 0 saturated heterocycles. The summed E-state index contributed by atoms with van der Waals surface area (Å²) in [5.41, 5.74) is 0. The zero-order chi connectivity index (χ0) is 25.5. The third-order valence-corrected chi connectivity index (χ3v) is 8.79. The minimum Gasteiger partial charge on any atom is -0.834 e. The first-order valence-electron chi connectivity index (χ1n) is 8.48. The summed E-state index contributed by atoms with van der Waals surface area (Å²) < 4.78 is 36.5. The van der Waals surface area contributed by atoms with Gasteiger partial charge >= 0.3 is 0 Å². The second-order valence-corrected chi connectivity index (χ2v) is 11.5. The lowest BCUT2D eigenvalue weighted by Gasteiger charge is -2.57. The summed E-state index contributed by atoms with van der Waals surface area (Å²) >= 11 is 0. The molecule has 0 rings (SSSR count). The van der Waals surface area contributed by atoms with Gasteiger partial charge in [-0.25, -0.2) is 0 Å². The maximum absolute atomic E-state index is 11.9. The highest BCUT2D eigenvalue weighted by molar-refractivity contribution is 7.51. The van der Waals surface area contributed by atoms with Gasteiger partial charge in [-0.1, -0.05) is 6.92 Å². The van der Waals surface area contributed by atoms with Gasteiger partial charge in [0, 0.05) is 18.3 Å². The number of carbonyl (C=O) groups is 1. The summed E-state index contributed by atoms with van der Waals surface area (Å²) in [5.74, 6) is -4.76. The van der Waals surface area contributed by atoms with Gasteiger partial charge in [0.15, 0.2) is 0 Å². The van der Waals surface area contributed by atoms with Crippen LogP contribution in [-0.4, -0.2) is 29.6 Å². The van der Waals surface area contributed by atoms with Gasteiger partial charge in [-0.15, -0.1) is 0 Å². The fourth-order valence-corrected chi connectivity index (χ4v) is 6.81. The molecule has 16 nitrogen and oxygen atoms in total. The number of carbonyl (C=O) groups excluding carboxylic acids is 1. The van der Waals surface area contributed by atoms with E-state index < -0.39 is 93.5 Å². The van der Waals surface area contributed by atoms with E-state index in [2.05, 4.69) is 13.8 Å². The zero-order valence-electron chi connectivity index (χ0n) is 16.5. The van der Waals surface area contributed by atoms with Crippen molar-refractivity contribution in [3.05, 3.63) is 0 Å². The molecule has 192 valence electrons. The molecule has 0 aliphatic rings. The zero-order valence-corrected chi connectivity index (χ0v) is 20.1. The number of carboxylic acid groups (broad SMARTS) is 1. The quantitative estimate of drug-likeness (QED) is 0.129. The maximum atomic E-state index is 11.9. The second-order valence-electron chi connectivity index (χ2n) is 6.59. The van der Waals surface area contributed by atoms with E-state index >= 15 is 0 Å². The lowest BCUT2D eigenvalue weighted by atomic mass is 9.91. The van der Waals surface area contributed by atoms with Crippen molar-refractivity contribution in [1.29, 1.82) is 0 Å². The van der Waals surface area contributed by atoms with Crippen molar-refractivity contribution in [2.45, 2.75) is 56.3 Å². The van der Waals surface area contributed by atoms with Gasteiger partial charge in [0.2, 0.25) is 0 Å². The Labute approximate surface area is 185 Å². The molecule has 20 heteroatoms. The average molecular weight is 542 g/mol. The molecule has 0 aliphatic carbocycles. The molecule has 4 atom stereocenters. The van der Waals surface area contributed by atoms with Crippen molar-refractivity contribution in [2.75, 3.05) is 6.79 Å². The third-order valence-electron chi connectivity index (χ3n) is 4.46. The predicted octanol–water partition coefficient (Wildman–Crippen LogP) is -7.20. The molecule has 0 bridgehead atoms. The normalized spacial score (nSPS) is 18.9. The van der Waals surface area contributed by atoms with Crippen molar-refractivity contribution in [3.63, 3.8) is 0 Å². The van der Waals surface area contributed by atoms with Gasteiger partial charge in [0.05, 0.1) is 16.8 Å². The van der Waals surface area contributed by atoms with Crippen LogP contribution in [0.2, 0.25) is 0 Å². The highest BCUT2D eigenvalue weighted by Crippen LogP contribution is 2.58. The molecule has 0 heterocycles. The minimum absolute atomic E-state index is 0.933. The lowest BCUT2D eigenvalue weighted by molar-refractivity contribution is -0.437. The molecule has 0 aromatic rings. The van der Waals surface area contributed by atoms with Crippen LogP contribution in [-0.2, 0) is 27.7 Å². The molecule has 0 spiro atoms. The van der Waals surface area contributed by atoms with Gasteiger partial charge in [0.25, 0.3) is 0 Å².